The number of hydrogen-bond donors (Lipinski definition) is 0. The number of rotatable bonds is 1. The molecule has 120 valence electrons. The van der Waals surface area contributed by atoms with E-state index in [9.17, 15) is 22.8 Å². The van der Waals surface area contributed by atoms with E-state index in [1.54, 1.807) is 20.8 Å². The Kier molecular flexibility index (Phi) is 3.84. The van der Waals surface area contributed by atoms with Crippen LogP contribution in [0.1, 0.15) is 27.2 Å². The highest BCUT2D eigenvalue weighted by molar-refractivity contribution is 5.87. The molecule has 2 amide bonds. The molecule has 0 bridgehead atoms. The highest BCUT2D eigenvalue weighted by Gasteiger charge is 2.51. The van der Waals surface area contributed by atoms with E-state index >= 15 is 0 Å². The summed E-state index contributed by atoms with van der Waals surface area (Å²) in [5.41, 5.74) is -0.668. The van der Waals surface area contributed by atoms with Crippen LogP contribution < -0.4 is 0 Å². The predicted octanol–water partition coefficient (Wildman–Crippen LogP) is 2.02. The minimum Gasteiger partial charge on any atom is -0.444 e. The Morgan fingerprint density at radius 2 is 1.71 bits per heavy atom. The Labute approximate surface area is 121 Å². The van der Waals surface area contributed by atoms with Crippen LogP contribution >= 0.6 is 0 Å². The van der Waals surface area contributed by atoms with Crippen LogP contribution in [0.15, 0.2) is 0 Å². The molecule has 0 N–H and O–H groups in total. The molecular formula is C13H19F3N2O3. The van der Waals surface area contributed by atoms with Crippen LogP contribution in [0.4, 0.5) is 18.0 Å². The van der Waals surface area contributed by atoms with Crippen molar-refractivity contribution in [3.8, 4) is 0 Å². The third kappa shape index (κ3) is 3.41. The van der Waals surface area contributed by atoms with Crippen LogP contribution in [0.5, 0.6) is 0 Å². The molecule has 0 spiro atoms. The Morgan fingerprint density at radius 3 is 2.10 bits per heavy atom. The molecule has 0 saturated carbocycles. The SMILES string of the molecule is CC(C)(C)OC(=O)N1CC[C@@H]1C(=O)N1CC(C(F)(F)F)C1. The van der Waals surface area contributed by atoms with Crippen molar-refractivity contribution in [3.63, 3.8) is 0 Å². The third-order valence-electron chi connectivity index (χ3n) is 3.59. The third-order valence-corrected chi connectivity index (χ3v) is 3.59. The summed E-state index contributed by atoms with van der Waals surface area (Å²) in [5.74, 6) is -1.87. The van der Waals surface area contributed by atoms with Gasteiger partial charge in [0, 0.05) is 19.6 Å². The zero-order valence-corrected chi connectivity index (χ0v) is 12.2. The summed E-state index contributed by atoms with van der Waals surface area (Å²) in [5, 5.41) is 0. The van der Waals surface area contributed by atoms with E-state index in [1.165, 1.54) is 4.90 Å². The van der Waals surface area contributed by atoms with E-state index in [2.05, 4.69) is 0 Å². The maximum Gasteiger partial charge on any atom is 0.410 e. The van der Waals surface area contributed by atoms with E-state index in [0.29, 0.717) is 13.0 Å². The first-order valence-corrected chi connectivity index (χ1v) is 6.84. The number of likely N-dealkylation sites (tertiary alicyclic amines) is 2. The summed E-state index contributed by atoms with van der Waals surface area (Å²) in [6.45, 7) is 4.89. The van der Waals surface area contributed by atoms with Crippen molar-refractivity contribution in [1.82, 2.24) is 9.80 Å². The van der Waals surface area contributed by atoms with Gasteiger partial charge in [0.25, 0.3) is 0 Å². The van der Waals surface area contributed by atoms with E-state index in [0.717, 1.165) is 4.90 Å². The zero-order chi connectivity index (χ0) is 16.0. The largest absolute Gasteiger partial charge is 0.444 e. The molecule has 2 aliphatic heterocycles. The molecule has 2 rings (SSSR count). The fourth-order valence-corrected chi connectivity index (χ4v) is 2.26. The van der Waals surface area contributed by atoms with Crippen LogP contribution in [0.25, 0.3) is 0 Å². The first-order chi connectivity index (χ1) is 9.49. The zero-order valence-electron chi connectivity index (χ0n) is 12.2. The van der Waals surface area contributed by atoms with E-state index in [4.69, 9.17) is 4.74 Å². The monoisotopic (exact) mass is 308 g/mol. The Morgan fingerprint density at radius 1 is 1.14 bits per heavy atom. The summed E-state index contributed by atoms with van der Waals surface area (Å²) in [7, 11) is 0. The average Bonchev–Trinajstić information content (AvgIpc) is 2.05. The molecule has 0 unspecified atom stereocenters. The number of hydrogen-bond acceptors (Lipinski definition) is 3. The van der Waals surface area contributed by atoms with E-state index in [-0.39, 0.29) is 13.1 Å². The van der Waals surface area contributed by atoms with Gasteiger partial charge in [0.15, 0.2) is 0 Å². The summed E-state index contributed by atoms with van der Waals surface area (Å²) in [6, 6.07) is -0.686. The topological polar surface area (TPSA) is 49.9 Å². The molecule has 21 heavy (non-hydrogen) atoms. The first kappa shape index (κ1) is 15.9. The molecular weight excluding hydrogens is 289 g/mol. The van der Waals surface area contributed by atoms with Gasteiger partial charge in [-0.05, 0) is 27.2 Å². The van der Waals surface area contributed by atoms with Gasteiger partial charge in [-0.25, -0.2) is 4.79 Å². The lowest BCUT2D eigenvalue weighted by atomic mass is 9.95. The van der Waals surface area contributed by atoms with Crippen molar-refractivity contribution in [2.24, 2.45) is 5.92 Å². The highest BCUT2D eigenvalue weighted by atomic mass is 19.4. The van der Waals surface area contributed by atoms with E-state index in [1.807, 2.05) is 0 Å². The second-order valence-electron chi connectivity index (χ2n) is 6.46. The van der Waals surface area contributed by atoms with Crippen LogP contribution in [0, 0.1) is 5.92 Å². The summed E-state index contributed by atoms with van der Waals surface area (Å²) in [4.78, 5) is 26.4. The van der Waals surface area contributed by atoms with Gasteiger partial charge in [0.05, 0.1) is 5.92 Å². The van der Waals surface area contributed by atoms with Gasteiger partial charge in [0.1, 0.15) is 11.6 Å². The Bertz CT molecular complexity index is 439. The van der Waals surface area contributed by atoms with Crippen molar-refractivity contribution in [2.75, 3.05) is 19.6 Å². The number of alkyl halides is 3. The number of carbonyl (C=O) groups is 2. The lowest BCUT2D eigenvalue weighted by molar-refractivity contribution is -0.211. The number of nitrogens with zero attached hydrogens (tertiary/aromatic N) is 2. The number of halogens is 3. The standard InChI is InChI=1S/C13H19F3N2O3/c1-12(2,3)21-11(20)18-5-4-9(18)10(19)17-6-8(7-17)13(14,15)16/h8-9H,4-7H2,1-3H3/t9-/m1/s1. The molecule has 0 aromatic heterocycles. The molecule has 0 aromatic carbocycles. The normalized spacial score (nSPS) is 23.4. The van der Waals surface area contributed by atoms with E-state index < -0.39 is 35.7 Å². The summed E-state index contributed by atoms with van der Waals surface area (Å²) >= 11 is 0. The molecule has 0 radical (unpaired) electrons. The quantitative estimate of drug-likeness (QED) is 0.744. The molecule has 8 heteroatoms. The number of amides is 2. The maximum absolute atomic E-state index is 12.4. The fraction of sp³-hybridized carbons (Fsp3) is 0.846. The second-order valence-corrected chi connectivity index (χ2v) is 6.46. The Balaban J connectivity index is 1.86. The lowest BCUT2D eigenvalue weighted by Crippen LogP contribution is -2.65. The molecule has 0 aromatic rings. The molecule has 5 nitrogen and oxygen atoms in total. The summed E-state index contributed by atoms with van der Waals surface area (Å²) in [6.07, 6.45) is -4.40. The van der Waals surface area contributed by atoms with Crippen molar-refractivity contribution >= 4 is 12.0 Å². The molecule has 2 heterocycles. The smallest absolute Gasteiger partial charge is 0.410 e. The van der Waals surface area contributed by atoms with Crippen LogP contribution in [0.3, 0.4) is 0 Å². The van der Waals surface area contributed by atoms with Crippen molar-refractivity contribution < 1.29 is 27.5 Å². The van der Waals surface area contributed by atoms with Crippen LogP contribution in [-0.4, -0.2) is 59.3 Å². The highest BCUT2D eigenvalue weighted by Crippen LogP contribution is 2.35. The summed E-state index contributed by atoms with van der Waals surface area (Å²) < 4.78 is 42.4. The van der Waals surface area contributed by atoms with Crippen molar-refractivity contribution in [3.05, 3.63) is 0 Å². The van der Waals surface area contributed by atoms with Gasteiger partial charge in [0.2, 0.25) is 5.91 Å². The van der Waals surface area contributed by atoms with Crippen molar-refractivity contribution in [1.29, 1.82) is 0 Å². The van der Waals surface area contributed by atoms with Crippen molar-refractivity contribution in [2.45, 2.75) is 45.0 Å². The molecule has 2 fully saturated rings. The Hall–Kier alpha value is -1.47. The number of carbonyl (C=O) groups excluding carboxylic acids is 2. The molecule has 2 saturated heterocycles. The first-order valence-electron chi connectivity index (χ1n) is 6.84. The lowest BCUT2D eigenvalue weighted by Gasteiger charge is -2.47. The van der Waals surface area contributed by atoms with Gasteiger partial charge in [-0.1, -0.05) is 0 Å². The van der Waals surface area contributed by atoms with Gasteiger partial charge in [-0.2, -0.15) is 13.2 Å². The molecule has 1 atom stereocenters. The second kappa shape index (κ2) is 5.06. The fourth-order valence-electron chi connectivity index (χ4n) is 2.26. The predicted molar refractivity (Wildman–Crippen MR) is 67.5 cm³/mol. The minimum absolute atomic E-state index is 0.318. The minimum atomic E-state index is -4.26. The van der Waals surface area contributed by atoms with Crippen LogP contribution in [0.2, 0.25) is 0 Å². The van der Waals surface area contributed by atoms with Gasteiger partial charge < -0.3 is 9.64 Å². The number of ether oxygens (including phenoxy) is 1. The van der Waals surface area contributed by atoms with Gasteiger partial charge >= 0.3 is 12.3 Å². The molecule has 0 aliphatic carbocycles. The average molecular weight is 308 g/mol. The van der Waals surface area contributed by atoms with Gasteiger partial charge in [-0.3, -0.25) is 9.69 Å². The molecule has 2 aliphatic rings. The van der Waals surface area contributed by atoms with Gasteiger partial charge in [-0.15, -0.1) is 0 Å². The van der Waals surface area contributed by atoms with Crippen LogP contribution in [-0.2, 0) is 9.53 Å². The maximum atomic E-state index is 12.4.